The van der Waals surface area contributed by atoms with Crippen LogP contribution in [0.1, 0.15) is 28.5 Å². The Labute approximate surface area is 207 Å². The molecule has 0 aliphatic carbocycles. The summed E-state index contributed by atoms with van der Waals surface area (Å²) in [6.45, 7) is -0.403. The first kappa shape index (κ1) is 24.3. The molecule has 0 saturated heterocycles. The van der Waals surface area contributed by atoms with Crippen molar-refractivity contribution in [1.29, 1.82) is 0 Å². The molecule has 0 spiro atoms. The average molecular weight is 495 g/mol. The van der Waals surface area contributed by atoms with Crippen molar-refractivity contribution in [1.82, 2.24) is 5.01 Å². The largest absolute Gasteiger partial charge is 0.497 e. The number of amides is 1. The molecule has 8 nitrogen and oxygen atoms in total. The zero-order valence-corrected chi connectivity index (χ0v) is 20.5. The molecular formula is C26H26N2O6S. The van der Waals surface area contributed by atoms with Crippen LogP contribution in [0.4, 0.5) is 0 Å². The van der Waals surface area contributed by atoms with E-state index in [1.54, 1.807) is 63.0 Å². The Morgan fingerprint density at radius 1 is 1.00 bits per heavy atom. The van der Waals surface area contributed by atoms with Gasteiger partial charge in [-0.05, 0) is 46.8 Å². The smallest absolute Gasteiger partial charge is 0.310 e. The zero-order chi connectivity index (χ0) is 24.8. The van der Waals surface area contributed by atoms with Crippen molar-refractivity contribution in [3.63, 3.8) is 0 Å². The molecular weight excluding hydrogens is 468 g/mol. The molecule has 9 heteroatoms. The van der Waals surface area contributed by atoms with Crippen LogP contribution in [0.2, 0.25) is 0 Å². The SMILES string of the molecule is COc1ccc(CC(=O)OCC(=O)N2N=C(c3cccs3)CC2c2ccc(OC)c(OC)c2)cc1. The Balaban J connectivity index is 1.48. The van der Waals surface area contributed by atoms with E-state index in [-0.39, 0.29) is 12.5 Å². The summed E-state index contributed by atoms with van der Waals surface area (Å²) in [6, 6.07) is 16.2. The normalized spacial score (nSPS) is 14.9. The van der Waals surface area contributed by atoms with E-state index in [0.717, 1.165) is 21.7 Å². The number of hydrogen-bond acceptors (Lipinski definition) is 8. The van der Waals surface area contributed by atoms with Crippen LogP contribution in [0.3, 0.4) is 0 Å². The van der Waals surface area contributed by atoms with Gasteiger partial charge in [0.1, 0.15) is 5.75 Å². The first-order chi connectivity index (χ1) is 17.0. The van der Waals surface area contributed by atoms with E-state index in [1.165, 1.54) is 5.01 Å². The lowest BCUT2D eigenvalue weighted by atomic mass is 10.0. The first-order valence-electron chi connectivity index (χ1n) is 11.0. The van der Waals surface area contributed by atoms with Crippen molar-refractivity contribution >= 4 is 28.9 Å². The van der Waals surface area contributed by atoms with E-state index in [1.807, 2.05) is 29.6 Å². The van der Waals surface area contributed by atoms with Crippen molar-refractivity contribution in [3.8, 4) is 17.2 Å². The summed E-state index contributed by atoms with van der Waals surface area (Å²) in [4.78, 5) is 26.5. The number of carbonyl (C=O) groups is 2. The van der Waals surface area contributed by atoms with Gasteiger partial charge in [0, 0.05) is 6.42 Å². The number of hydrogen-bond donors (Lipinski definition) is 0. The molecule has 0 bridgehead atoms. The molecule has 1 aromatic heterocycles. The number of carbonyl (C=O) groups excluding carboxylic acids is 2. The number of hydrazone groups is 1. The number of thiophene rings is 1. The Hall–Kier alpha value is -3.85. The average Bonchev–Trinajstić information content (AvgIpc) is 3.58. The highest BCUT2D eigenvalue weighted by Crippen LogP contribution is 2.37. The second-order valence-corrected chi connectivity index (χ2v) is 8.73. The van der Waals surface area contributed by atoms with E-state index < -0.39 is 18.5 Å². The predicted molar refractivity (Wildman–Crippen MR) is 132 cm³/mol. The minimum absolute atomic E-state index is 0.0556. The van der Waals surface area contributed by atoms with E-state index in [4.69, 9.17) is 18.9 Å². The van der Waals surface area contributed by atoms with E-state index in [0.29, 0.717) is 23.7 Å². The highest BCUT2D eigenvalue weighted by atomic mass is 32.1. The Morgan fingerprint density at radius 3 is 2.43 bits per heavy atom. The minimum atomic E-state index is -0.493. The van der Waals surface area contributed by atoms with Crippen LogP contribution in [0.25, 0.3) is 0 Å². The molecule has 1 aliphatic rings. The molecule has 0 saturated carbocycles. The Bertz CT molecular complexity index is 1210. The molecule has 0 N–H and O–H groups in total. The van der Waals surface area contributed by atoms with Gasteiger partial charge >= 0.3 is 5.97 Å². The van der Waals surface area contributed by atoms with Gasteiger partial charge < -0.3 is 18.9 Å². The topological polar surface area (TPSA) is 86.7 Å². The van der Waals surface area contributed by atoms with Crippen LogP contribution in [-0.2, 0) is 20.7 Å². The molecule has 3 aromatic rings. The molecule has 182 valence electrons. The maximum absolute atomic E-state index is 13.1. The lowest BCUT2D eigenvalue weighted by Crippen LogP contribution is -2.31. The van der Waals surface area contributed by atoms with Gasteiger partial charge in [-0.2, -0.15) is 5.10 Å². The molecule has 1 aliphatic heterocycles. The molecule has 2 aromatic carbocycles. The fourth-order valence-electron chi connectivity index (χ4n) is 3.82. The molecule has 1 unspecified atom stereocenters. The number of ether oxygens (including phenoxy) is 4. The summed E-state index contributed by atoms with van der Waals surface area (Å²) < 4.78 is 21.2. The predicted octanol–water partition coefficient (Wildman–Crippen LogP) is 4.24. The Kier molecular flexibility index (Phi) is 7.67. The van der Waals surface area contributed by atoms with Gasteiger partial charge in [0.05, 0.1) is 44.4 Å². The van der Waals surface area contributed by atoms with Gasteiger partial charge in [0.2, 0.25) is 0 Å². The van der Waals surface area contributed by atoms with Gasteiger partial charge in [0.25, 0.3) is 5.91 Å². The standard InChI is InChI=1S/C26H26N2O6S/c1-31-19-9-6-17(7-10-19)13-26(30)34-16-25(29)28-21(15-20(27-28)24-5-4-12-35-24)18-8-11-22(32-2)23(14-18)33-3/h4-12,14,21H,13,15-16H2,1-3H3. The lowest BCUT2D eigenvalue weighted by Gasteiger charge is -2.22. The van der Waals surface area contributed by atoms with E-state index >= 15 is 0 Å². The third kappa shape index (κ3) is 5.63. The zero-order valence-electron chi connectivity index (χ0n) is 19.7. The summed E-state index contributed by atoms with van der Waals surface area (Å²) in [7, 11) is 4.71. The second-order valence-electron chi connectivity index (χ2n) is 7.78. The molecule has 0 fully saturated rings. The highest BCUT2D eigenvalue weighted by Gasteiger charge is 2.34. The van der Waals surface area contributed by atoms with Gasteiger partial charge in [-0.15, -0.1) is 11.3 Å². The third-order valence-corrected chi connectivity index (χ3v) is 6.55. The van der Waals surface area contributed by atoms with Gasteiger partial charge in [-0.3, -0.25) is 9.59 Å². The maximum Gasteiger partial charge on any atom is 0.310 e. The fourth-order valence-corrected chi connectivity index (χ4v) is 4.54. The number of esters is 1. The monoisotopic (exact) mass is 494 g/mol. The summed E-state index contributed by atoms with van der Waals surface area (Å²) in [5.41, 5.74) is 2.42. The van der Waals surface area contributed by atoms with Crippen LogP contribution in [0.15, 0.2) is 65.1 Å². The van der Waals surface area contributed by atoms with Crippen LogP contribution >= 0.6 is 11.3 Å². The van der Waals surface area contributed by atoms with Crippen molar-refractivity contribution in [2.75, 3.05) is 27.9 Å². The number of nitrogens with zero attached hydrogens (tertiary/aromatic N) is 2. The van der Waals surface area contributed by atoms with Crippen molar-refractivity contribution in [2.45, 2.75) is 18.9 Å². The fraction of sp³-hybridized carbons (Fsp3) is 0.269. The molecule has 35 heavy (non-hydrogen) atoms. The minimum Gasteiger partial charge on any atom is -0.497 e. The third-order valence-electron chi connectivity index (χ3n) is 5.63. The van der Waals surface area contributed by atoms with Crippen LogP contribution in [0.5, 0.6) is 17.2 Å². The number of methoxy groups -OCH3 is 3. The van der Waals surface area contributed by atoms with E-state index in [2.05, 4.69) is 5.10 Å². The number of rotatable bonds is 9. The summed E-state index contributed by atoms with van der Waals surface area (Å²) in [5.74, 6) is 0.964. The van der Waals surface area contributed by atoms with Gasteiger partial charge in [0.15, 0.2) is 18.1 Å². The Morgan fingerprint density at radius 2 is 1.77 bits per heavy atom. The molecule has 1 amide bonds. The molecule has 0 radical (unpaired) electrons. The molecule has 1 atom stereocenters. The van der Waals surface area contributed by atoms with Crippen LogP contribution in [-0.4, -0.2) is 50.5 Å². The summed E-state index contributed by atoms with van der Waals surface area (Å²) in [6.07, 6.45) is 0.585. The second kappa shape index (κ2) is 11.1. The summed E-state index contributed by atoms with van der Waals surface area (Å²) in [5, 5.41) is 7.97. The van der Waals surface area contributed by atoms with Crippen LogP contribution in [0, 0.1) is 0 Å². The molecule has 2 heterocycles. The number of benzene rings is 2. The van der Waals surface area contributed by atoms with Crippen molar-refractivity contribution in [2.24, 2.45) is 5.10 Å². The first-order valence-corrected chi connectivity index (χ1v) is 11.8. The van der Waals surface area contributed by atoms with Crippen molar-refractivity contribution < 1.29 is 28.5 Å². The maximum atomic E-state index is 13.1. The van der Waals surface area contributed by atoms with Gasteiger partial charge in [-0.25, -0.2) is 5.01 Å². The highest BCUT2D eigenvalue weighted by molar-refractivity contribution is 7.12. The van der Waals surface area contributed by atoms with Crippen LogP contribution < -0.4 is 14.2 Å². The summed E-state index contributed by atoms with van der Waals surface area (Å²) >= 11 is 1.56. The lowest BCUT2D eigenvalue weighted by molar-refractivity contribution is -0.152. The molecule has 4 rings (SSSR count). The van der Waals surface area contributed by atoms with Crippen molar-refractivity contribution in [3.05, 3.63) is 76.0 Å². The van der Waals surface area contributed by atoms with Gasteiger partial charge in [-0.1, -0.05) is 24.3 Å². The quantitative estimate of drug-likeness (QED) is 0.414. The van der Waals surface area contributed by atoms with E-state index in [9.17, 15) is 9.59 Å².